The Morgan fingerprint density at radius 3 is 1.89 bits per heavy atom. The molecule has 1 aliphatic rings. The van der Waals surface area contributed by atoms with Crippen molar-refractivity contribution in [2.75, 3.05) is 19.0 Å². The molecule has 6 nitrogen and oxygen atoms in total. The van der Waals surface area contributed by atoms with E-state index in [1.54, 1.807) is 0 Å². The van der Waals surface area contributed by atoms with Crippen molar-refractivity contribution in [2.45, 2.75) is 96.6 Å². The number of anilines is 1. The maximum absolute atomic E-state index is 13.6. The van der Waals surface area contributed by atoms with Crippen molar-refractivity contribution in [3.05, 3.63) is 58.9 Å². The summed E-state index contributed by atoms with van der Waals surface area (Å²) in [5.41, 5.74) is 3.18. The zero-order valence-corrected chi connectivity index (χ0v) is 23.4. The summed E-state index contributed by atoms with van der Waals surface area (Å²) in [7, 11) is 4.01. The average Bonchev–Trinajstić information content (AvgIpc) is 2.82. The lowest BCUT2D eigenvalue weighted by Gasteiger charge is -2.37. The third-order valence-corrected chi connectivity index (χ3v) is 7.02. The van der Waals surface area contributed by atoms with Crippen LogP contribution in [0.4, 0.5) is 5.69 Å². The molecule has 2 amide bonds. The van der Waals surface area contributed by atoms with Gasteiger partial charge in [0.25, 0.3) is 5.91 Å². The molecule has 0 bridgehead atoms. The molecule has 0 spiro atoms. The van der Waals surface area contributed by atoms with Crippen molar-refractivity contribution < 1.29 is 9.59 Å². The fraction of sp³-hybridized carbons (Fsp3) is 0.567. The topological polar surface area (TPSA) is 74.3 Å². The Labute approximate surface area is 217 Å². The van der Waals surface area contributed by atoms with Gasteiger partial charge in [0.15, 0.2) is 0 Å². The molecule has 2 aromatic rings. The highest BCUT2D eigenvalue weighted by Gasteiger charge is 2.41. The van der Waals surface area contributed by atoms with Crippen molar-refractivity contribution in [3.63, 3.8) is 0 Å². The minimum atomic E-state index is -0.897. The Balaban J connectivity index is 1.83. The van der Waals surface area contributed by atoms with E-state index in [9.17, 15) is 9.59 Å². The van der Waals surface area contributed by atoms with Gasteiger partial charge in [-0.2, -0.15) is 0 Å². The summed E-state index contributed by atoms with van der Waals surface area (Å²) in [6.07, 6.45) is 4.21. The van der Waals surface area contributed by atoms with E-state index in [-0.39, 0.29) is 22.6 Å². The summed E-state index contributed by atoms with van der Waals surface area (Å²) in [6, 6.07) is 11.9. The maximum atomic E-state index is 13.6. The number of hydrogen-bond acceptors (Lipinski definition) is 4. The fourth-order valence-corrected chi connectivity index (χ4v) is 4.55. The number of pyridine rings is 1. The van der Waals surface area contributed by atoms with Crippen molar-refractivity contribution in [1.82, 2.24) is 15.6 Å². The van der Waals surface area contributed by atoms with E-state index in [2.05, 4.69) is 52.2 Å². The second-order valence-corrected chi connectivity index (χ2v) is 12.5. The number of aromatic nitrogens is 1. The molecule has 1 saturated carbocycles. The van der Waals surface area contributed by atoms with E-state index >= 15 is 0 Å². The van der Waals surface area contributed by atoms with Crippen molar-refractivity contribution in [2.24, 2.45) is 0 Å². The van der Waals surface area contributed by atoms with Crippen molar-refractivity contribution in [3.8, 4) is 0 Å². The molecule has 6 heteroatoms. The van der Waals surface area contributed by atoms with Gasteiger partial charge in [0, 0.05) is 54.1 Å². The first-order valence-corrected chi connectivity index (χ1v) is 13.1. The summed E-state index contributed by atoms with van der Waals surface area (Å²) >= 11 is 0. The van der Waals surface area contributed by atoms with Gasteiger partial charge in [-0.25, -0.2) is 0 Å². The van der Waals surface area contributed by atoms with E-state index in [1.165, 1.54) is 0 Å². The lowest BCUT2D eigenvalue weighted by atomic mass is 9.80. The molecule has 0 unspecified atom stereocenters. The number of benzene rings is 1. The quantitative estimate of drug-likeness (QED) is 0.559. The van der Waals surface area contributed by atoms with Crippen LogP contribution < -0.4 is 15.5 Å². The molecule has 3 rings (SSSR count). The maximum Gasteiger partial charge on any atom is 0.252 e. The molecule has 196 valence electrons. The van der Waals surface area contributed by atoms with Crippen LogP contribution in [-0.4, -0.2) is 36.4 Å². The first-order valence-electron chi connectivity index (χ1n) is 13.1. The van der Waals surface area contributed by atoms with Crippen LogP contribution in [0.2, 0.25) is 0 Å². The van der Waals surface area contributed by atoms with Gasteiger partial charge in [-0.1, -0.05) is 72.9 Å². The molecule has 0 saturated heterocycles. The van der Waals surface area contributed by atoms with E-state index in [0.717, 1.165) is 41.9 Å². The van der Waals surface area contributed by atoms with Crippen molar-refractivity contribution >= 4 is 17.5 Å². The predicted molar refractivity (Wildman–Crippen MR) is 148 cm³/mol. The molecule has 1 heterocycles. The Morgan fingerprint density at radius 1 is 0.889 bits per heavy atom. The fourth-order valence-electron chi connectivity index (χ4n) is 4.55. The summed E-state index contributed by atoms with van der Waals surface area (Å²) in [4.78, 5) is 34.1. The monoisotopic (exact) mass is 492 g/mol. The molecule has 0 aliphatic heterocycles. The molecule has 1 aliphatic carbocycles. The van der Waals surface area contributed by atoms with E-state index in [0.29, 0.717) is 24.9 Å². The van der Waals surface area contributed by atoms with Gasteiger partial charge in [-0.3, -0.25) is 14.6 Å². The van der Waals surface area contributed by atoms with Gasteiger partial charge in [0.05, 0.1) is 0 Å². The number of rotatable bonds is 6. The third kappa shape index (κ3) is 6.65. The highest BCUT2D eigenvalue weighted by molar-refractivity contribution is 5.99. The Morgan fingerprint density at radius 2 is 1.42 bits per heavy atom. The molecular formula is C30H44N4O2. The van der Waals surface area contributed by atoms with Gasteiger partial charge in [-0.05, 0) is 42.7 Å². The molecule has 2 N–H and O–H groups in total. The summed E-state index contributed by atoms with van der Waals surface area (Å²) in [5.74, 6) is -0.311. The summed E-state index contributed by atoms with van der Waals surface area (Å²) in [5, 5.41) is 6.29. The van der Waals surface area contributed by atoms with Crippen LogP contribution in [0.3, 0.4) is 0 Å². The SMILES string of the molecule is CN(C)c1ccc(CNC(=O)C2(NC(=O)c3cc(C(C)(C)C)nc(C(C)(C)C)c3)CCCCC2)cc1. The van der Waals surface area contributed by atoms with Gasteiger partial charge in [0.1, 0.15) is 5.54 Å². The zero-order chi connectivity index (χ0) is 26.7. The summed E-state index contributed by atoms with van der Waals surface area (Å²) < 4.78 is 0. The van der Waals surface area contributed by atoms with Crippen molar-refractivity contribution in [1.29, 1.82) is 0 Å². The number of nitrogens with zero attached hydrogens (tertiary/aromatic N) is 2. The number of amides is 2. The highest BCUT2D eigenvalue weighted by atomic mass is 16.2. The van der Waals surface area contributed by atoms with E-state index in [1.807, 2.05) is 55.4 Å². The van der Waals surface area contributed by atoms with Crippen LogP contribution in [0.1, 0.15) is 101 Å². The zero-order valence-electron chi connectivity index (χ0n) is 23.4. The van der Waals surface area contributed by atoms with Crippen LogP contribution in [0, 0.1) is 0 Å². The van der Waals surface area contributed by atoms with Gasteiger partial charge >= 0.3 is 0 Å². The normalized spacial score (nSPS) is 15.8. The second kappa shape index (κ2) is 10.6. The smallest absolute Gasteiger partial charge is 0.252 e. The van der Waals surface area contributed by atoms with Gasteiger partial charge in [0.2, 0.25) is 5.91 Å². The Hall–Kier alpha value is -2.89. The molecule has 1 aromatic heterocycles. The van der Waals surface area contributed by atoms with Crippen LogP contribution >= 0.6 is 0 Å². The number of hydrogen-bond donors (Lipinski definition) is 2. The van der Waals surface area contributed by atoms with Crippen LogP contribution in [-0.2, 0) is 22.2 Å². The number of nitrogens with one attached hydrogen (secondary N) is 2. The first-order chi connectivity index (χ1) is 16.7. The largest absolute Gasteiger partial charge is 0.378 e. The summed E-state index contributed by atoms with van der Waals surface area (Å²) in [6.45, 7) is 13.0. The average molecular weight is 493 g/mol. The number of carbonyl (C=O) groups is 2. The molecule has 1 fully saturated rings. The Kier molecular flexibility index (Phi) is 8.17. The lowest BCUT2D eigenvalue weighted by Crippen LogP contribution is -2.59. The van der Waals surface area contributed by atoms with E-state index < -0.39 is 5.54 Å². The first kappa shape index (κ1) is 27.7. The van der Waals surface area contributed by atoms with Crippen LogP contribution in [0.25, 0.3) is 0 Å². The third-order valence-electron chi connectivity index (χ3n) is 7.02. The second-order valence-electron chi connectivity index (χ2n) is 12.5. The molecule has 0 atom stereocenters. The molecular weight excluding hydrogens is 448 g/mol. The predicted octanol–water partition coefficient (Wildman–Crippen LogP) is 5.49. The lowest BCUT2D eigenvalue weighted by molar-refractivity contribution is -0.128. The van der Waals surface area contributed by atoms with Crippen LogP contribution in [0.15, 0.2) is 36.4 Å². The molecule has 0 radical (unpaired) electrons. The molecule has 1 aromatic carbocycles. The number of carbonyl (C=O) groups excluding carboxylic acids is 2. The minimum absolute atomic E-state index is 0.103. The molecule has 36 heavy (non-hydrogen) atoms. The Bertz CT molecular complexity index is 1040. The van der Waals surface area contributed by atoms with Crippen LogP contribution in [0.5, 0.6) is 0 Å². The minimum Gasteiger partial charge on any atom is -0.378 e. The highest BCUT2D eigenvalue weighted by Crippen LogP contribution is 2.31. The van der Waals surface area contributed by atoms with Gasteiger partial charge < -0.3 is 15.5 Å². The standard InChI is InChI=1S/C30H44N4O2/c1-28(2,3)24-18-22(19-25(32-24)29(4,5)6)26(35)33-30(16-10-9-11-17-30)27(36)31-20-21-12-14-23(15-13-21)34(7)8/h12-15,18-19H,9-11,16-17,20H2,1-8H3,(H,31,36)(H,33,35). The van der Waals surface area contributed by atoms with Gasteiger partial charge in [-0.15, -0.1) is 0 Å². The van der Waals surface area contributed by atoms with E-state index in [4.69, 9.17) is 4.98 Å².